The zero-order valence-corrected chi connectivity index (χ0v) is 13.0. The summed E-state index contributed by atoms with van der Waals surface area (Å²) in [5, 5.41) is 3.12. The van der Waals surface area contributed by atoms with Gasteiger partial charge in [-0.3, -0.25) is 4.79 Å². The van der Waals surface area contributed by atoms with Crippen LogP contribution in [-0.2, 0) is 17.8 Å². The highest BCUT2D eigenvalue weighted by molar-refractivity contribution is 8.00. The minimum Gasteiger partial charge on any atom is -0.354 e. The lowest BCUT2D eigenvalue weighted by atomic mass is 10.0. The Labute approximate surface area is 125 Å². The normalized spacial score (nSPS) is 17.1. The zero-order chi connectivity index (χ0) is 14.4. The highest BCUT2D eigenvalue weighted by atomic mass is 32.2. The van der Waals surface area contributed by atoms with Gasteiger partial charge in [-0.15, -0.1) is 0 Å². The second kappa shape index (κ2) is 7.14. The van der Waals surface area contributed by atoms with Crippen LogP contribution in [0.25, 0.3) is 0 Å². The Morgan fingerprint density at radius 2 is 1.95 bits per heavy atom. The summed E-state index contributed by atoms with van der Waals surface area (Å²) in [7, 11) is 0. The minimum atomic E-state index is 0.103. The molecule has 1 aliphatic carbocycles. The molecule has 0 unspecified atom stereocenters. The van der Waals surface area contributed by atoms with E-state index in [1.165, 1.54) is 25.7 Å². The quantitative estimate of drug-likeness (QED) is 0.847. The molecule has 0 bridgehead atoms. The van der Waals surface area contributed by atoms with Crippen LogP contribution in [0.15, 0.2) is 24.3 Å². The predicted molar refractivity (Wildman–Crippen MR) is 85.8 cm³/mol. The number of rotatable bonds is 6. The summed E-state index contributed by atoms with van der Waals surface area (Å²) in [4.78, 5) is 12.1. The van der Waals surface area contributed by atoms with Crippen molar-refractivity contribution in [2.45, 2.75) is 43.4 Å². The lowest BCUT2D eigenvalue weighted by Gasteiger charge is -2.27. The maximum absolute atomic E-state index is 12.1. The van der Waals surface area contributed by atoms with E-state index in [4.69, 9.17) is 5.73 Å². The van der Waals surface area contributed by atoms with Crippen molar-refractivity contribution in [1.29, 1.82) is 0 Å². The van der Waals surface area contributed by atoms with E-state index < -0.39 is 0 Å². The number of hydrogen-bond donors (Lipinski definition) is 2. The van der Waals surface area contributed by atoms with Crippen LogP contribution >= 0.6 is 11.8 Å². The van der Waals surface area contributed by atoms with Crippen molar-refractivity contribution in [2.24, 2.45) is 5.73 Å². The molecule has 3 nitrogen and oxygen atoms in total. The molecule has 20 heavy (non-hydrogen) atoms. The monoisotopic (exact) mass is 292 g/mol. The standard InChI is InChI=1S/C16H24N2OS/c1-20-16(8-4-5-9-16)12-18-15(19)10-13-6-2-3-7-14(13)11-17/h2-3,6-7H,4-5,8-12,17H2,1H3,(H,18,19). The predicted octanol–water partition coefficient (Wildman–Crippen LogP) is 2.48. The second-order valence-corrected chi connectivity index (χ2v) is 6.79. The fourth-order valence-corrected chi connectivity index (χ4v) is 3.81. The van der Waals surface area contributed by atoms with Gasteiger partial charge >= 0.3 is 0 Å². The van der Waals surface area contributed by atoms with Crippen LogP contribution in [-0.4, -0.2) is 23.5 Å². The molecule has 0 saturated heterocycles. The van der Waals surface area contributed by atoms with Crippen molar-refractivity contribution in [1.82, 2.24) is 5.32 Å². The molecule has 2 rings (SSSR count). The fraction of sp³-hybridized carbons (Fsp3) is 0.562. The molecule has 1 saturated carbocycles. The Morgan fingerprint density at radius 1 is 1.30 bits per heavy atom. The van der Waals surface area contributed by atoms with Gasteiger partial charge in [-0.05, 0) is 30.2 Å². The molecule has 0 atom stereocenters. The van der Waals surface area contributed by atoms with Gasteiger partial charge in [0.15, 0.2) is 0 Å². The lowest BCUT2D eigenvalue weighted by Crippen LogP contribution is -2.39. The third-order valence-corrected chi connectivity index (χ3v) is 5.66. The first-order valence-corrected chi connectivity index (χ1v) is 8.50. The van der Waals surface area contributed by atoms with Crippen LogP contribution in [0, 0.1) is 0 Å². The SMILES string of the molecule is CSC1(CNC(=O)Cc2ccccc2CN)CCCC1. The molecule has 0 radical (unpaired) electrons. The topological polar surface area (TPSA) is 55.1 Å². The number of benzene rings is 1. The van der Waals surface area contributed by atoms with Crippen molar-refractivity contribution in [3.05, 3.63) is 35.4 Å². The van der Waals surface area contributed by atoms with E-state index >= 15 is 0 Å². The molecule has 4 heteroatoms. The van der Waals surface area contributed by atoms with E-state index in [0.29, 0.717) is 13.0 Å². The summed E-state index contributed by atoms with van der Waals surface area (Å²) in [5.41, 5.74) is 7.80. The Hall–Kier alpha value is -1.00. The Kier molecular flexibility index (Phi) is 5.49. The van der Waals surface area contributed by atoms with Crippen LogP contribution in [0.3, 0.4) is 0 Å². The lowest BCUT2D eigenvalue weighted by molar-refractivity contribution is -0.120. The number of nitrogens with two attached hydrogens (primary N) is 1. The summed E-state index contributed by atoms with van der Waals surface area (Å²) in [6, 6.07) is 7.90. The molecule has 1 amide bonds. The minimum absolute atomic E-state index is 0.103. The number of nitrogens with one attached hydrogen (secondary N) is 1. The van der Waals surface area contributed by atoms with Gasteiger partial charge in [0.25, 0.3) is 0 Å². The summed E-state index contributed by atoms with van der Waals surface area (Å²) in [6.45, 7) is 1.27. The maximum atomic E-state index is 12.1. The number of thioether (sulfide) groups is 1. The molecule has 0 spiro atoms. The van der Waals surface area contributed by atoms with Gasteiger partial charge in [0.2, 0.25) is 5.91 Å². The third-order valence-electron chi connectivity index (χ3n) is 4.24. The first-order chi connectivity index (χ1) is 9.69. The van der Waals surface area contributed by atoms with E-state index in [1.54, 1.807) is 0 Å². The van der Waals surface area contributed by atoms with Crippen LogP contribution in [0.5, 0.6) is 0 Å². The van der Waals surface area contributed by atoms with Crippen molar-refractivity contribution < 1.29 is 4.79 Å². The van der Waals surface area contributed by atoms with Gasteiger partial charge in [-0.2, -0.15) is 11.8 Å². The molecule has 0 heterocycles. The molecule has 1 aromatic carbocycles. The number of carbonyl (C=O) groups excluding carboxylic acids is 1. The fourth-order valence-electron chi connectivity index (χ4n) is 2.90. The average Bonchev–Trinajstić information content (AvgIpc) is 2.95. The van der Waals surface area contributed by atoms with Crippen LogP contribution < -0.4 is 11.1 Å². The van der Waals surface area contributed by atoms with Crippen LogP contribution in [0.1, 0.15) is 36.8 Å². The molecular formula is C16H24N2OS. The molecule has 1 aromatic rings. The van der Waals surface area contributed by atoms with Crippen molar-refractivity contribution in [3.8, 4) is 0 Å². The summed E-state index contributed by atoms with van der Waals surface area (Å²) >= 11 is 1.90. The van der Waals surface area contributed by atoms with E-state index in [1.807, 2.05) is 36.0 Å². The molecule has 0 aromatic heterocycles. The van der Waals surface area contributed by atoms with E-state index in [2.05, 4.69) is 11.6 Å². The van der Waals surface area contributed by atoms with Crippen molar-refractivity contribution in [3.63, 3.8) is 0 Å². The second-order valence-electron chi connectivity index (χ2n) is 5.52. The summed E-state index contributed by atoms with van der Waals surface area (Å²) in [6.07, 6.45) is 7.58. The third kappa shape index (κ3) is 3.76. The Morgan fingerprint density at radius 3 is 2.55 bits per heavy atom. The Balaban J connectivity index is 1.89. The first-order valence-electron chi connectivity index (χ1n) is 7.28. The summed E-state index contributed by atoms with van der Waals surface area (Å²) in [5.74, 6) is 0.103. The molecule has 110 valence electrons. The highest BCUT2D eigenvalue weighted by Gasteiger charge is 2.33. The zero-order valence-electron chi connectivity index (χ0n) is 12.2. The van der Waals surface area contributed by atoms with Gasteiger partial charge in [-0.25, -0.2) is 0 Å². The Bertz CT molecular complexity index is 456. The van der Waals surface area contributed by atoms with Gasteiger partial charge in [0.05, 0.1) is 6.42 Å². The van der Waals surface area contributed by atoms with Gasteiger partial charge in [-0.1, -0.05) is 37.1 Å². The van der Waals surface area contributed by atoms with Gasteiger partial charge in [0, 0.05) is 17.8 Å². The molecule has 0 aliphatic heterocycles. The van der Waals surface area contributed by atoms with E-state index in [-0.39, 0.29) is 10.7 Å². The molecular weight excluding hydrogens is 268 g/mol. The maximum Gasteiger partial charge on any atom is 0.224 e. The van der Waals surface area contributed by atoms with Crippen LogP contribution in [0.4, 0.5) is 0 Å². The number of hydrogen-bond acceptors (Lipinski definition) is 3. The van der Waals surface area contributed by atoms with Crippen molar-refractivity contribution >= 4 is 17.7 Å². The molecule has 1 aliphatic rings. The average molecular weight is 292 g/mol. The molecule has 3 N–H and O–H groups in total. The number of amides is 1. The number of carbonyl (C=O) groups is 1. The van der Waals surface area contributed by atoms with E-state index in [0.717, 1.165) is 17.7 Å². The first kappa shape index (κ1) is 15.4. The largest absolute Gasteiger partial charge is 0.354 e. The highest BCUT2D eigenvalue weighted by Crippen LogP contribution is 2.39. The molecule has 1 fully saturated rings. The van der Waals surface area contributed by atoms with Gasteiger partial charge < -0.3 is 11.1 Å². The smallest absolute Gasteiger partial charge is 0.224 e. The van der Waals surface area contributed by atoms with E-state index in [9.17, 15) is 4.79 Å². The van der Waals surface area contributed by atoms with Gasteiger partial charge in [0.1, 0.15) is 0 Å². The van der Waals surface area contributed by atoms with Crippen molar-refractivity contribution in [2.75, 3.05) is 12.8 Å². The summed E-state index contributed by atoms with van der Waals surface area (Å²) < 4.78 is 0.267. The van der Waals surface area contributed by atoms with Crippen LogP contribution in [0.2, 0.25) is 0 Å².